The number of aryl methyl sites for hydroxylation is 2. The number of carboxylic acid groups (broad SMARTS) is 1. The van der Waals surface area contributed by atoms with E-state index in [1.54, 1.807) is 38.1 Å². The predicted molar refractivity (Wildman–Crippen MR) is 108 cm³/mol. The summed E-state index contributed by atoms with van der Waals surface area (Å²) >= 11 is 0. The molecule has 0 atom stereocenters. The van der Waals surface area contributed by atoms with E-state index in [0.717, 1.165) is 0 Å². The lowest BCUT2D eigenvalue weighted by Gasteiger charge is -2.11. The van der Waals surface area contributed by atoms with Gasteiger partial charge in [0.05, 0.1) is 24.5 Å². The van der Waals surface area contributed by atoms with Crippen LogP contribution < -0.4 is 19.6 Å². The number of ether oxygens (including phenoxy) is 3. The Morgan fingerprint density at radius 3 is 2.31 bits per heavy atom. The van der Waals surface area contributed by atoms with Gasteiger partial charge in [0.25, 0.3) is 0 Å². The van der Waals surface area contributed by atoms with Gasteiger partial charge in [0.1, 0.15) is 17.3 Å². The molecule has 7 heteroatoms. The van der Waals surface area contributed by atoms with Gasteiger partial charge in [0.2, 0.25) is 0 Å². The lowest BCUT2D eigenvalue weighted by molar-refractivity contribution is -0.139. The fraction of sp³-hybridized carbons (Fsp3) is 0.273. The SMILES string of the molecule is CCOc1cc(-c2ccc(OCC(=O)O)c(OC)c2)cc(=O)c2c(C)oc(C)c12. The van der Waals surface area contributed by atoms with Gasteiger partial charge in [0, 0.05) is 0 Å². The predicted octanol–water partition coefficient (Wildman–Crippen LogP) is 3.95. The Hall–Kier alpha value is -3.48. The maximum absolute atomic E-state index is 12.9. The van der Waals surface area contributed by atoms with E-state index in [-0.39, 0.29) is 5.43 Å². The fourth-order valence-electron chi connectivity index (χ4n) is 3.29. The van der Waals surface area contributed by atoms with Crippen LogP contribution in [0.2, 0.25) is 0 Å². The van der Waals surface area contributed by atoms with Gasteiger partial charge >= 0.3 is 5.97 Å². The average molecular weight is 398 g/mol. The smallest absolute Gasteiger partial charge is 0.341 e. The second kappa shape index (κ2) is 8.26. The van der Waals surface area contributed by atoms with E-state index >= 15 is 0 Å². The number of benzene rings is 1. The van der Waals surface area contributed by atoms with Gasteiger partial charge in [-0.2, -0.15) is 0 Å². The molecule has 0 unspecified atom stereocenters. The lowest BCUT2D eigenvalue weighted by atomic mass is 10.1. The Morgan fingerprint density at radius 2 is 1.66 bits per heavy atom. The summed E-state index contributed by atoms with van der Waals surface area (Å²) in [7, 11) is 1.46. The summed E-state index contributed by atoms with van der Waals surface area (Å²) in [6.45, 7) is 5.38. The van der Waals surface area contributed by atoms with Crippen LogP contribution in [-0.2, 0) is 4.79 Å². The molecule has 1 heterocycles. The molecule has 7 nitrogen and oxygen atoms in total. The summed E-state index contributed by atoms with van der Waals surface area (Å²) in [6.07, 6.45) is 0. The standard InChI is InChI=1S/C22H22O7/c1-5-27-19-10-15(8-16(23)21-12(2)29-13(3)22(19)21)14-6-7-17(18(9-14)26-4)28-11-20(24)25/h6-10H,5,11H2,1-4H3,(H,24,25). The number of carbonyl (C=O) groups is 1. The van der Waals surface area contributed by atoms with Crippen molar-refractivity contribution in [3.63, 3.8) is 0 Å². The summed E-state index contributed by atoms with van der Waals surface area (Å²) in [4.78, 5) is 23.7. The van der Waals surface area contributed by atoms with E-state index in [9.17, 15) is 9.59 Å². The molecule has 0 aliphatic rings. The fourth-order valence-corrected chi connectivity index (χ4v) is 3.29. The molecule has 0 aliphatic carbocycles. The number of aliphatic carboxylic acids is 1. The molecule has 152 valence electrons. The highest BCUT2D eigenvalue weighted by molar-refractivity contribution is 5.93. The third-order valence-electron chi connectivity index (χ3n) is 4.47. The maximum Gasteiger partial charge on any atom is 0.341 e. The van der Waals surface area contributed by atoms with Crippen molar-refractivity contribution in [3.8, 4) is 28.4 Å². The second-order valence-corrected chi connectivity index (χ2v) is 6.42. The van der Waals surface area contributed by atoms with Gasteiger partial charge in [-0.25, -0.2) is 4.79 Å². The third-order valence-corrected chi connectivity index (χ3v) is 4.47. The van der Waals surface area contributed by atoms with Crippen molar-refractivity contribution in [2.75, 3.05) is 20.3 Å². The van der Waals surface area contributed by atoms with Gasteiger partial charge in [0.15, 0.2) is 23.5 Å². The van der Waals surface area contributed by atoms with Crippen LogP contribution in [0.25, 0.3) is 21.9 Å². The highest BCUT2D eigenvalue weighted by Gasteiger charge is 2.17. The molecule has 3 aromatic rings. The highest BCUT2D eigenvalue weighted by atomic mass is 16.5. The lowest BCUT2D eigenvalue weighted by Crippen LogP contribution is -2.10. The van der Waals surface area contributed by atoms with E-state index in [0.29, 0.717) is 57.3 Å². The normalized spacial score (nSPS) is 10.8. The van der Waals surface area contributed by atoms with Crippen LogP contribution in [0, 0.1) is 13.8 Å². The Labute approximate surface area is 167 Å². The molecule has 0 saturated carbocycles. The van der Waals surface area contributed by atoms with E-state index in [1.807, 2.05) is 6.92 Å². The number of furan rings is 1. The summed E-state index contributed by atoms with van der Waals surface area (Å²) in [5, 5.41) is 9.96. The van der Waals surface area contributed by atoms with Crippen molar-refractivity contribution in [2.24, 2.45) is 0 Å². The van der Waals surface area contributed by atoms with Gasteiger partial charge < -0.3 is 23.7 Å². The Morgan fingerprint density at radius 1 is 0.966 bits per heavy atom. The molecular formula is C22H22O7. The van der Waals surface area contributed by atoms with Crippen LogP contribution in [0.1, 0.15) is 18.4 Å². The van der Waals surface area contributed by atoms with E-state index < -0.39 is 12.6 Å². The number of methoxy groups -OCH3 is 1. The number of hydrogen-bond donors (Lipinski definition) is 1. The van der Waals surface area contributed by atoms with Crippen LogP contribution >= 0.6 is 0 Å². The first kappa shape index (κ1) is 20.3. The van der Waals surface area contributed by atoms with Crippen LogP contribution in [0.3, 0.4) is 0 Å². The second-order valence-electron chi connectivity index (χ2n) is 6.42. The van der Waals surface area contributed by atoms with Crippen molar-refractivity contribution in [1.29, 1.82) is 0 Å². The molecule has 3 rings (SSSR count). The van der Waals surface area contributed by atoms with Gasteiger partial charge in [-0.3, -0.25) is 4.79 Å². The van der Waals surface area contributed by atoms with Gasteiger partial charge in [-0.05, 0) is 56.2 Å². The number of fused-ring (bicyclic) bond motifs is 1. The summed E-state index contributed by atoms with van der Waals surface area (Å²) in [5.74, 6) is 1.30. The molecule has 2 aromatic carbocycles. The number of carboxylic acids is 1. The van der Waals surface area contributed by atoms with Crippen molar-refractivity contribution >= 4 is 16.7 Å². The van der Waals surface area contributed by atoms with Gasteiger partial charge in [-0.15, -0.1) is 0 Å². The van der Waals surface area contributed by atoms with Crippen molar-refractivity contribution in [3.05, 3.63) is 52.1 Å². The Balaban J connectivity index is 2.19. The van der Waals surface area contributed by atoms with Crippen LogP contribution in [-0.4, -0.2) is 31.4 Å². The minimum atomic E-state index is -1.08. The number of rotatable bonds is 7. The first-order chi connectivity index (χ1) is 13.8. The number of hydrogen-bond acceptors (Lipinski definition) is 6. The minimum Gasteiger partial charge on any atom is -0.493 e. The molecule has 29 heavy (non-hydrogen) atoms. The quantitative estimate of drug-likeness (QED) is 0.644. The molecule has 0 bridgehead atoms. The van der Waals surface area contributed by atoms with Crippen molar-refractivity contribution in [2.45, 2.75) is 20.8 Å². The molecule has 0 saturated heterocycles. The van der Waals surface area contributed by atoms with Gasteiger partial charge in [-0.1, -0.05) is 6.07 Å². The zero-order chi connectivity index (χ0) is 21.1. The third kappa shape index (κ3) is 4.03. The molecular weight excluding hydrogens is 376 g/mol. The average Bonchev–Trinajstić information content (AvgIpc) is 2.89. The van der Waals surface area contributed by atoms with E-state index in [2.05, 4.69) is 0 Å². The molecule has 1 aromatic heterocycles. The molecule has 0 aliphatic heterocycles. The zero-order valence-corrected chi connectivity index (χ0v) is 16.7. The maximum atomic E-state index is 12.9. The summed E-state index contributed by atoms with van der Waals surface area (Å²) < 4.78 is 22.0. The monoisotopic (exact) mass is 398 g/mol. The molecule has 0 fully saturated rings. The van der Waals surface area contributed by atoms with Crippen LogP contribution in [0.4, 0.5) is 0 Å². The Bertz CT molecular complexity index is 1130. The highest BCUT2D eigenvalue weighted by Crippen LogP contribution is 2.36. The van der Waals surface area contributed by atoms with E-state index in [1.165, 1.54) is 13.2 Å². The minimum absolute atomic E-state index is 0.180. The topological polar surface area (TPSA) is 95.2 Å². The molecule has 0 spiro atoms. The van der Waals surface area contributed by atoms with Crippen molar-refractivity contribution in [1.82, 2.24) is 0 Å². The summed E-state index contributed by atoms with van der Waals surface area (Å²) in [5.41, 5.74) is 1.16. The Kier molecular flexibility index (Phi) is 5.77. The first-order valence-electron chi connectivity index (χ1n) is 9.09. The first-order valence-corrected chi connectivity index (χ1v) is 9.09. The van der Waals surface area contributed by atoms with Crippen molar-refractivity contribution < 1.29 is 28.5 Å². The molecule has 0 amide bonds. The largest absolute Gasteiger partial charge is 0.493 e. The molecule has 0 radical (unpaired) electrons. The summed E-state index contributed by atoms with van der Waals surface area (Å²) in [6, 6.07) is 8.36. The van der Waals surface area contributed by atoms with Crippen LogP contribution in [0.15, 0.2) is 39.5 Å². The molecule has 1 N–H and O–H groups in total. The van der Waals surface area contributed by atoms with E-state index in [4.69, 9.17) is 23.7 Å². The zero-order valence-electron chi connectivity index (χ0n) is 16.7. The van der Waals surface area contributed by atoms with Crippen LogP contribution in [0.5, 0.6) is 17.2 Å².